The Hall–Kier alpha value is -0.830. The van der Waals surface area contributed by atoms with E-state index in [-0.39, 0.29) is 11.3 Å². The van der Waals surface area contributed by atoms with Crippen molar-refractivity contribution in [3.63, 3.8) is 0 Å². The maximum atomic E-state index is 11.5. The summed E-state index contributed by atoms with van der Waals surface area (Å²) in [6, 6.07) is 0. The molecule has 0 aliphatic carbocycles. The van der Waals surface area contributed by atoms with Gasteiger partial charge in [-0.25, -0.2) is 0 Å². The van der Waals surface area contributed by atoms with Crippen molar-refractivity contribution in [2.45, 2.75) is 47.0 Å². The zero-order valence-electron chi connectivity index (χ0n) is 11.1. The molecule has 3 N–H and O–H groups in total. The average molecular weight is 226 g/mol. The third kappa shape index (κ3) is 8.48. The molecular formula is C13H26N2O. The van der Waals surface area contributed by atoms with E-state index in [1.54, 1.807) is 0 Å². The maximum Gasteiger partial charge on any atom is 0.220 e. The highest BCUT2D eigenvalue weighted by Crippen LogP contribution is 2.25. The third-order valence-corrected chi connectivity index (χ3v) is 2.66. The molecule has 3 nitrogen and oxygen atoms in total. The molecule has 0 spiro atoms. The molecule has 0 atom stereocenters. The zero-order valence-corrected chi connectivity index (χ0v) is 11.1. The topological polar surface area (TPSA) is 55.1 Å². The summed E-state index contributed by atoms with van der Waals surface area (Å²) in [7, 11) is 0. The minimum Gasteiger partial charge on any atom is -0.353 e. The molecule has 0 heterocycles. The molecule has 0 aromatic heterocycles. The summed E-state index contributed by atoms with van der Waals surface area (Å²) >= 11 is 0. The Morgan fingerprint density at radius 3 is 2.44 bits per heavy atom. The quantitative estimate of drug-likeness (QED) is 0.654. The molecule has 16 heavy (non-hydrogen) atoms. The predicted molar refractivity (Wildman–Crippen MR) is 69.1 cm³/mol. The fourth-order valence-electron chi connectivity index (χ4n) is 1.43. The molecule has 0 saturated carbocycles. The number of carbonyl (C=O) groups excluding carboxylic acids is 1. The Morgan fingerprint density at radius 1 is 1.31 bits per heavy atom. The SMILES string of the molecule is CC(C)=CCNC(=O)CCC(C)(C)CCN. The van der Waals surface area contributed by atoms with Gasteiger partial charge in [-0.1, -0.05) is 25.5 Å². The van der Waals surface area contributed by atoms with Crippen LogP contribution in [-0.2, 0) is 4.79 Å². The number of nitrogens with one attached hydrogen (secondary N) is 1. The van der Waals surface area contributed by atoms with Crippen molar-refractivity contribution >= 4 is 5.91 Å². The first kappa shape index (κ1) is 15.2. The maximum absolute atomic E-state index is 11.5. The predicted octanol–water partition coefficient (Wildman–Crippen LogP) is 2.22. The monoisotopic (exact) mass is 226 g/mol. The van der Waals surface area contributed by atoms with Crippen molar-refractivity contribution in [3.8, 4) is 0 Å². The summed E-state index contributed by atoms with van der Waals surface area (Å²) in [4.78, 5) is 11.5. The summed E-state index contributed by atoms with van der Waals surface area (Å²) in [5, 5.41) is 2.88. The van der Waals surface area contributed by atoms with Crippen LogP contribution in [0, 0.1) is 5.41 Å². The molecule has 0 aliphatic heterocycles. The van der Waals surface area contributed by atoms with E-state index < -0.39 is 0 Å². The van der Waals surface area contributed by atoms with Gasteiger partial charge in [-0.05, 0) is 38.6 Å². The molecule has 0 rings (SSSR count). The van der Waals surface area contributed by atoms with Gasteiger partial charge in [0.2, 0.25) is 5.91 Å². The van der Waals surface area contributed by atoms with Gasteiger partial charge in [0.05, 0.1) is 0 Å². The highest BCUT2D eigenvalue weighted by atomic mass is 16.1. The molecule has 0 aromatic rings. The van der Waals surface area contributed by atoms with Crippen LogP contribution in [-0.4, -0.2) is 19.0 Å². The fraction of sp³-hybridized carbons (Fsp3) is 0.769. The first-order valence-corrected chi connectivity index (χ1v) is 5.97. The van der Waals surface area contributed by atoms with Crippen molar-refractivity contribution in [2.24, 2.45) is 11.1 Å². The first-order valence-electron chi connectivity index (χ1n) is 5.97. The largest absolute Gasteiger partial charge is 0.353 e. The average Bonchev–Trinajstić information content (AvgIpc) is 2.14. The van der Waals surface area contributed by atoms with Gasteiger partial charge in [-0.2, -0.15) is 0 Å². The Bertz CT molecular complexity index is 240. The van der Waals surface area contributed by atoms with Gasteiger partial charge < -0.3 is 11.1 Å². The van der Waals surface area contributed by atoms with Gasteiger partial charge >= 0.3 is 0 Å². The molecule has 0 saturated heterocycles. The van der Waals surface area contributed by atoms with Gasteiger partial charge in [0.1, 0.15) is 0 Å². The lowest BCUT2D eigenvalue weighted by molar-refractivity contribution is -0.121. The number of carbonyl (C=O) groups is 1. The second kappa shape index (κ2) is 7.44. The van der Waals surface area contributed by atoms with E-state index in [4.69, 9.17) is 5.73 Å². The molecule has 94 valence electrons. The number of amides is 1. The van der Waals surface area contributed by atoms with E-state index >= 15 is 0 Å². The minimum atomic E-state index is 0.127. The van der Waals surface area contributed by atoms with Crippen molar-refractivity contribution in [3.05, 3.63) is 11.6 Å². The van der Waals surface area contributed by atoms with Crippen molar-refractivity contribution in [2.75, 3.05) is 13.1 Å². The molecule has 3 heteroatoms. The Labute approximate surface area is 99.5 Å². The van der Waals surface area contributed by atoms with Crippen LogP contribution >= 0.6 is 0 Å². The number of rotatable bonds is 7. The van der Waals surface area contributed by atoms with E-state index in [2.05, 4.69) is 19.2 Å². The van der Waals surface area contributed by atoms with Crippen molar-refractivity contribution in [1.29, 1.82) is 0 Å². The normalized spacial score (nSPS) is 11.1. The zero-order chi connectivity index (χ0) is 12.6. The molecule has 0 unspecified atom stereocenters. The van der Waals surface area contributed by atoms with Crippen LogP contribution in [0.15, 0.2) is 11.6 Å². The van der Waals surface area contributed by atoms with Crippen molar-refractivity contribution < 1.29 is 4.79 Å². The highest BCUT2D eigenvalue weighted by molar-refractivity contribution is 5.76. The molecular weight excluding hydrogens is 200 g/mol. The van der Waals surface area contributed by atoms with Gasteiger partial charge in [0.25, 0.3) is 0 Å². The van der Waals surface area contributed by atoms with Gasteiger partial charge in [0, 0.05) is 13.0 Å². The second-order valence-corrected chi connectivity index (χ2v) is 5.29. The van der Waals surface area contributed by atoms with Gasteiger partial charge in [-0.3, -0.25) is 4.79 Å². The molecule has 0 bridgehead atoms. The van der Waals surface area contributed by atoms with Crippen LogP contribution in [0.3, 0.4) is 0 Å². The lowest BCUT2D eigenvalue weighted by atomic mass is 9.84. The molecule has 0 aliphatic rings. The van der Waals surface area contributed by atoms with Crippen LogP contribution < -0.4 is 11.1 Å². The molecule has 0 radical (unpaired) electrons. The Morgan fingerprint density at radius 2 is 1.94 bits per heavy atom. The Balaban J connectivity index is 3.77. The summed E-state index contributed by atoms with van der Waals surface area (Å²) in [6.07, 6.45) is 4.46. The van der Waals surface area contributed by atoms with Gasteiger partial charge in [0.15, 0.2) is 0 Å². The summed E-state index contributed by atoms with van der Waals surface area (Å²) < 4.78 is 0. The van der Waals surface area contributed by atoms with Crippen LogP contribution in [0.25, 0.3) is 0 Å². The van der Waals surface area contributed by atoms with E-state index in [1.807, 2.05) is 19.9 Å². The molecule has 0 aromatic carbocycles. The number of allylic oxidation sites excluding steroid dienone is 1. The summed E-state index contributed by atoms with van der Waals surface area (Å²) in [5.41, 5.74) is 6.92. The summed E-state index contributed by atoms with van der Waals surface area (Å²) in [5.74, 6) is 0.127. The Kier molecular flexibility index (Phi) is 7.06. The number of hydrogen-bond donors (Lipinski definition) is 2. The minimum absolute atomic E-state index is 0.127. The second-order valence-electron chi connectivity index (χ2n) is 5.29. The van der Waals surface area contributed by atoms with E-state index in [1.165, 1.54) is 5.57 Å². The van der Waals surface area contributed by atoms with E-state index in [0.29, 0.717) is 19.5 Å². The van der Waals surface area contributed by atoms with Crippen molar-refractivity contribution in [1.82, 2.24) is 5.32 Å². The molecule has 0 fully saturated rings. The third-order valence-electron chi connectivity index (χ3n) is 2.66. The lowest BCUT2D eigenvalue weighted by Gasteiger charge is -2.23. The first-order chi connectivity index (χ1) is 7.37. The summed E-state index contributed by atoms with van der Waals surface area (Å²) in [6.45, 7) is 9.68. The van der Waals surface area contributed by atoms with E-state index in [0.717, 1.165) is 12.8 Å². The van der Waals surface area contributed by atoms with Crippen LogP contribution in [0.1, 0.15) is 47.0 Å². The smallest absolute Gasteiger partial charge is 0.220 e. The lowest BCUT2D eigenvalue weighted by Crippen LogP contribution is -2.26. The van der Waals surface area contributed by atoms with Crippen LogP contribution in [0.5, 0.6) is 0 Å². The van der Waals surface area contributed by atoms with E-state index in [9.17, 15) is 4.79 Å². The van der Waals surface area contributed by atoms with Crippen LogP contribution in [0.4, 0.5) is 0 Å². The standard InChI is InChI=1S/C13H26N2O/c1-11(2)6-10-15-12(16)5-7-13(3,4)8-9-14/h6H,5,7-10,14H2,1-4H3,(H,15,16). The van der Waals surface area contributed by atoms with Crippen LogP contribution in [0.2, 0.25) is 0 Å². The highest BCUT2D eigenvalue weighted by Gasteiger charge is 2.17. The molecule has 1 amide bonds. The van der Waals surface area contributed by atoms with Gasteiger partial charge in [-0.15, -0.1) is 0 Å². The number of nitrogens with two attached hydrogens (primary N) is 1. The fourth-order valence-corrected chi connectivity index (χ4v) is 1.43. The number of hydrogen-bond acceptors (Lipinski definition) is 2.